The summed E-state index contributed by atoms with van der Waals surface area (Å²) in [7, 11) is -9.31. The van der Waals surface area contributed by atoms with Crippen molar-refractivity contribution in [2.75, 3.05) is 0 Å². The molecule has 122 valence electrons. The molecule has 0 aliphatic carbocycles. The lowest BCUT2D eigenvalue weighted by atomic mass is 10.2. The molecule has 9 N–H and O–H groups in total. The smallest absolute Gasteiger partial charge is 0.466 e. The Kier molecular flexibility index (Phi) is 11.6. The predicted molar refractivity (Wildman–Crippen MR) is 55.7 cm³/mol. The lowest BCUT2D eigenvalue weighted by molar-refractivity contribution is -0.165. The number of aliphatic hydroxyl groups excluding tert-OH is 2. The first kappa shape index (κ1) is 23.9. The third-order valence-electron chi connectivity index (χ3n) is 0.805. The summed E-state index contributed by atoms with van der Waals surface area (Å²) in [5.74, 6) is -3.54. The lowest BCUT2D eigenvalue weighted by Crippen LogP contribution is -2.39. The van der Waals surface area contributed by atoms with E-state index in [1.54, 1.807) is 0 Å². The van der Waals surface area contributed by atoms with Crippen LogP contribution < -0.4 is 0 Å². The van der Waals surface area contributed by atoms with Gasteiger partial charge in [-0.2, -0.15) is 8.42 Å². The van der Waals surface area contributed by atoms with E-state index in [0.29, 0.717) is 0 Å². The number of rotatable bonds is 3. The van der Waals surface area contributed by atoms with Crippen molar-refractivity contribution in [2.45, 2.75) is 12.2 Å². The first-order valence-electron chi connectivity index (χ1n) is 3.76. The average Bonchev–Trinajstić information content (AvgIpc) is 2.09. The molecule has 0 saturated carbocycles. The third kappa shape index (κ3) is 36.0. The fourth-order valence-corrected chi connectivity index (χ4v) is 0.270. The summed E-state index contributed by atoms with van der Waals surface area (Å²) >= 11 is 0. The molecule has 0 aliphatic heterocycles. The van der Waals surface area contributed by atoms with Crippen LogP contribution in [0.5, 0.6) is 0 Å². The Labute approximate surface area is 110 Å². The van der Waals surface area contributed by atoms with Gasteiger partial charge in [-0.25, -0.2) is 14.2 Å². The number of carboxylic acids is 2. The van der Waals surface area contributed by atoms with Crippen molar-refractivity contribution in [1.29, 1.82) is 0 Å². The zero-order valence-corrected chi connectivity index (χ0v) is 10.8. The summed E-state index contributed by atoms with van der Waals surface area (Å²) in [4.78, 5) is 41.1. The second kappa shape index (κ2) is 9.70. The fraction of sp³-hybridized carbons (Fsp3) is 0.500. The maximum atomic E-state index is 9.77. The highest BCUT2D eigenvalue weighted by molar-refractivity contribution is 7.79. The van der Waals surface area contributed by atoms with E-state index in [1.807, 2.05) is 0 Å². The van der Waals surface area contributed by atoms with Crippen molar-refractivity contribution in [3.05, 3.63) is 0 Å². The summed E-state index contributed by atoms with van der Waals surface area (Å²) < 4.78 is 40.5. The molecule has 2 atom stereocenters. The molecule has 0 aromatic carbocycles. The Balaban J connectivity index is -0.000000244. The second-order valence-electron chi connectivity index (χ2n) is 2.53. The Hall–Kier alpha value is -1.16. The van der Waals surface area contributed by atoms with Crippen LogP contribution in [0, 0.1) is 0 Å². The van der Waals surface area contributed by atoms with Gasteiger partial charge < -0.3 is 35.1 Å². The van der Waals surface area contributed by atoms with Crippen LogP contribution >= 0.6 is 7.82 Å². The van der Waals surface area contributed by atoms with Crippen molar-refractivity contribution in [2.24, 2.45) is 0 Å². The first-order valence-corrected chi connectivity index (χ1v) is 6.73. The van der Waals surface area contributed by atoms with E-state index in [1.165, 1.54) is 0 Å². The minimum absolute atomic E-state index is 1.77. The average molecular weight is 346 g/mol. The number of hydrogen-bond donors (Lipinski definition) is 9. The molecular weight excluding hydrogens is 335 g/mol. The highest BCUT2D eigenvalue weighted by atomic mass is 32.3. The molecular formula is C4H11O14PS. The Morgan fingerprint density at radius 2 is 0.950 bits per heavy atom. The van der Waals surface area contributed by atoms with Gasteiger partial charge in [-0.05, 0) is 0 Å². The summed E-state index contributed by atoms with van der Waals surface area (Å²) in [6, 6.07) is 0. The summed E-state index contributed by atoms with van der Waals surface area (Å²) in [5, 5.41) is 32.5. The molecule has 16 heteroatoms. The lowest BCUT2D eigenvalue weighted by Gasteiger charge is -2.07. The van der Waals surface area contributed by atoms with Crippen LogP contribution in [0.15, 0.2) is 0 Å². The molecule has 2 unspecified atom stereocenters. The van der Waals surface area contributed by atoms with Crippen molar-refractivity contribution in [3.63, 3.8) is 0 Å². The molecule has 0 radical (unpaired) electrons. The second-order valence-corrected chi connectivity index (χ2v) is 4.45. The van der Waals surface area contributed by atoms with Gasteiger partial charge in [0, 0.05) is 0 Å². The van der Waals surface area contributed by atoms with E-state index >= 15 is 0 Å². The molecule has 0 rings (SSSR count). The van der Waals surface area contributed by atoms with E-state index in [2.05, 4.69) is 0 Å². The van der Waals surface area contributed by atoms with Crippen LogP contribution in [0.1, 0.15) is 0 Å². The summed E-state index contributed by atoms with van der Waals surface area (Å²) in [6.45, 7) is 0. The van der Waals surface area contributed by atoms with Gasteiger partial charge in [0.25, 0.3) is 0 Å². The number of carboxylic acid groups (broad SMARTS) is 2. The maximum absolute atomic E-state index is 9.77. The molecule has 0 saturated heterocycles. The zero-order chi connectivity index (χ0) is 17.3. The largest absolute Gasteiger partial charge is 0.479 e. The molecule has 0 amide bonds. The first-order chi connectivity index (χ1) is 8.46. The van der Waals surface area contributed by atoms with Crippen LogP contribution in [-0.4, -0.2) is 76.8 Å². The van der Waals surface area contributed by atoms with Gasteiger partial charge in [-0.15, -0.1) is 0 Å². The van der Waals surface area contributed by atoms with Gasteiger partial charge in [0.2, 0.25) is 0 Å². The van der Waals surface area contributed by atoms with Gasteiger partial charge in [0.15, 0.2) is 12.2 Å². The Morgan fingerprint density at radius 1 is 0.850 bits per heavy atom. The highest BCUT2D eigenvalue weighted by Crippen LogP contribution is 2.25. The molecule has 0 aromatic rings. The molecule has 14 nitrogen and oxygen atoms in total. The number of phosphoric acid groups is 1. The number of carbonyl (C=O) groups is 2. The molecule has 0 aliphatic rings. The maximum Gasteiger partial charge on any atom is 0.466 e. The van der Waals surface area contributed by atoms with Gasteiger partial charge in [-0.3, -0.25) is 9.11 Å². The fourth-order valence-electron chi connectivity index (χ4n) is 0.270. The number of aliphatic hydroxyl groups is 2. The van der Waals surface area contributed by atoms with Crippen molar-refractivity contribution in [3.8, 4) is 0 Å². The normalized spacial score (nSPS) is 13.8. The molecule has 20 heavy (non-hydrogen) atoms. The number of hydrogen-bond acceptors (Lipinski definition) is 7. The van der Waals surface area contributed by atoms with Crippen LogP contribution in [0.4, 0.5) is 0 Å². The van der Waals surface area contributed by atoms with Crippen molar-refractivity contribution >= 4 is 30.2 Å². The minimum atomic E-state index is -4.67. The molecule has 0 aromatic heterocycles. The predicted octanol–water partition coefficient (Wildman–Crippen LogP) is -3.70. The third-order valence-corrected chi connectivity index (χ3v) is 0.805. The van der Waals surface area contributed by atoms with E-state index in [-0.39, 0.29) is 0 Å². The van der Waals surface area contributed by atoms with Gasteiger partial charge in [-0.1, -0.05) is 0 Å². The van der Waals surface area contributed by atoms with Crippen LogP contribution in [0.25, 0.3) is 0 Å². The Morgan fingerprint density at radius 3 is 1.00 bits per heavy atom. The molecule has 0 fully saturated rings. The molecule has 0 spiro atoms. The topological polar surface area (TPSA) is 267 Å². The highest BCUT2D eigenvalue weighted by Gasteiger charge is 2.29. The van der Waals surface area contributed by atoms with E-state index in [4.69, 9.17) is 57.2 Å². The molecule has 0 bridgehead atoms. The standard InChI is InChI=1S/C4H6O6.H3O4P.H2O4S/c5-1(3(7)8)2(6)4(9)10;2*1-5(2,3)4/h1-2,5-6H,(H,7,8)(H,9,10);(H3,1,2,3,4);(H2,1,2,3,4). The zero-order valence-electron chi connectivity index (χ0n) is 9.08. The quantitative estimate of drug-likeness (QED) is 0.176. The van der Waals surface area contributed by atoms with Gasteiger partial charge >= 0.3 is 30.2 Å². The monoisotopic (exact) mass is 346 g/mol. The van der Waals surface area contributed by atoms with Crippen molar-refractivity contribution < 1.29 is 66.8 Å². The van der Waals surface area contributed by atoms with Gasteiger partial charge in [0.1, 0.15) is 0 Å². The van der Waals surface area contributed by atoms with Crippen LogP contribution in [0.2, 0.25) is 0 Å². The van der Waals surface area contributed by atoms with Gasteiger partial charge in [0.05, 0.1) is 0 Å². The van der Waals surface area contributed by atoms with E-state index in [9.17, 15) is 9.59 Å². The summed E-state index contributed by atoms with van der Waals surface area (Å²) in [6.07, 6.45) is -4.53. The van der Waals surface area contributed by atoms with E-state index in [0.717, 1.165) is 0 Å². The van der Waals surface area contributed by atoms with Crippen LogP contribution in [-0.2, 0) is 24.6 Å². The Bertz CT molecular complexity index is 412. The SMILES string of the molecule is O=C(O)C(O)C(O)C(=O)O.O=P(O)(O)O.O=S(=O)(O)O. The minimum Gasteiger partial charge on any atom is -0.479 e. The number of aliphatic carboxylic acids is 2. The molecule has 0 heterocycles. The summed E-state index contributed by atoms with van der Waals surface area (Å²) in [5.41, 5.74) is 0. The van der Waals surface area contributed by atoms with Crippen LogP contribution in [0.3, 0.4) is 0 Å². The van der Waals surface area contributed by atoms with E-state index < -0.39 is 42.4 Å². The van der Waals surface area contributed by atoms with Crippen molar-refractivity contribution in [1.82, 2.24) is 0 Å².